The molecule has 6 nitrogen and oxygen atoms in total. The van der Waals surface area contributed by atoms with Gasteiger partial charge in [0.05, 0.1) is 0 Å². The third kappa shape index (κ3) is 4.08. The van der Waals surface area contributed by atoms with Crippen molar-refractivity contribution in [1.29, 1.82) is 0 Å². The lowest BCUT2D eigenvalue weighted by molar-refractivity contribution is 0.0293. The number of hydrogen-bond donors (Lipinski definition) is 1. The predicted octanol–water partition coefficient (Wildman–Crippen LogP) is 1.90. The monoisotopic (exact) mass is 264 g/mol. The van der Waals surface area contributed by atoms with Gasteiger partial charge in [-0.05, 0) is 33.3 Å². The third-order valence-electron chi connectivity index (χ3n) is 2.74. The first-order valence-corrected chi connectivity index (χ1v) is 6.45. The number of anilines is 1. The first-order valence-electron chi connectivity index (χ1n) is 6.45. The Hall–Kier alpha value is -1.85. The van der Waals surface area contributed by atoms with E-state index in [0.717, 1.165) is 6.42 Å². The van der Waals surface area contributed by atoms with Gasteiger partial charge in [0.15, 0.2) is 0 Å². The van der Waals surface area contributed by atoms with Crippen molar-refractivity contribution >= 4 is 12.0 Å². The van der Waals surface area contributed by atoms with Crippen molar-refractivity contribution in [2.45, 2.75) is 38.8 Å². The second-order valence-electron chi connectivity index (χ2n) is 5.63. The highest BCUT2D eigenvalue weighted by Gasteiger charge is 2.29. The van der Waals surface area contributed by atoms with Gasteiger partial charge in [-0.3, -0.25) is 0 Å². The lowest BCUT2D eigenvalue weighted by Gasteiger charge is -2.24. The minimum atomic E-state index is -0.453. The van der Waals surface area contributed by atoms with Crippen LogP contribution in [-0.4, -0.2) is 45.7 Å². The van der Waals surface area contributed by atoms with E-state index in [4.69, 9.17) is 4.74 Å². The molecule has 2 heterocycles. The van der Waals surface area contributed by atoms with Crippen molar-refractivity contribution in [1.82, 2.24) is 14.9 Å². The Bertz CT molecular complexity index is 430. The van der Waals surface area contributed by atoms with Crippen molar-refractivity contribution in [2.24, 2.45) is 0 Å². The van der Waals surface area contributed by atoms with Crippen LogP contribution in [0.4, 0.5) is 10.7 Å². The maximum Gasteiger partial charge on any atom is 0.410 e. The molecular weight excluding hydrogens is 244 g/mol. The summed E-state index contributed by atoms with van der Waals surface area (Å²) in [4.78, 5) is 21.8. The molecule has 1 aromatic heterocycles. The third-order valence-corrected chi connectivity index (χ3v) is 2.74. The van der Waals surface area contributed by atoms with Crippen LogP contribution in [0.5, 0.6) is 0 Å². The molecule has 0 spiro atoms. The average molecular weight is 264 g/mol. The molecular formula is C13H20N4O2. The van der Waals surface area contributed by atoms with Crippen LogP contribution in [0.25, 0.3) is 0 Å². The van der Waals surface area contributed by atoms with Gasteiger partial charge in [0, 0.05) is 31.5 Å². The van der Waals surface area contributed by atoms with Gasteiger partial charge in [0.1, 0.15) is 5.60 Å². The Morgan fingerprint density at radius 2 is 2.11 bits per heavy atom. The predicted molar refractivity (Wildman–Crippen MR) is 71.9 cm³/mol. The number of aromatic nitrogens is 2. The Balaban J connectivity index is 1.85. The van der Waals surface area contributed by atoms with Crippen molar-refractivity contribution in [3.8, 4) is 0 Å². The molecule has 104 valence electrons. The Morgan fingerprint density at radius 3 is 2.74 bits per heavy atom. The molecule has 1 atom stereocenters. The molecule has 0 saturated carbocycles. The fourth-order valence-electron chi connectivity index (χ4n) is 1.93. The van der Waals surface area contributed by atoms with E-state index in [2.05, 4.69) is 15.3 Å². The zero-order valence-corrected chi connectivity index (χ0v) is 11.6. The Morgan fingerprint density at radius 1 is 1.42 bits per heavy atom. The first kappa shape index (κ1) is 13.6. The van der Waals surface area contributed by atoms with Crippen LogP contribution in [0.15, 0.2) is 18.5 Å². The summed E-state index contributed by atoms with van der Waals surface area (Å²) in [6.07, 6.45) is 3.99. The molecule has 0 aromatic carbocycles. The van der Waals surface area contributed by atoms with Crippen LogP contribution in [0, 0.1) is 0 Å². The quantitative estimate of drug-likeness (QED) is 0.883. The summed E-state index contributed by atoms with van der Waals surface area (Å²) in [7, 11) is 0. The SMILES string of the molecule is CC(C)(C)OC(=O)N1CCC(Nc2ncccn2)C1. The number of nitrogens with one attached hydrogen (secondary N) is 1. The van der Waals surface area contributed by atoms with Gasteiger partial charge in [-0.25, -0.2) is 14.8 Å². The van der Waals surface area contributed by atoms with Gasteiger partial charge >= 0.3 is 6.09 Å². The number of carbonyl (C=O) groups excluding carboxylic acids is 1. The molecule has 1 amide bonds. The van der Waals surface area contributed by atoms with Crippen LogP contribution in [0.2, 0.25) is 0 Å². The lowest BCUT2D eigenvalue weighted by Crippen LogP contribution is -2.36. The van der Waals surface area contributed by atoms with E-state index in [1.807, 2.05) is 20.8 Å². The fraction of sp³-hybridized carbons (Fsp3) is 0.615. The summed E-state index contributed by atoms with van der Waals surface area (Å²) < 4.78 is 5.35. The number of carbonyl (C=O) groups is 1. The van der Waals surface area contributed by atoms with Gasteiger partial charge in [-0.15, -0.1) is 0 Å². The van der Waals surface area contributed by atoms with E-state index in [1.54, 1.807) is 23.4 Å². The maximum atomic E-state index is 11.9. The van der Waals surface area contributed by atoms with Gasteiger partial charge in [-0.2, -0.15) is 0 Å². The van der Waals surface area contributed by atoms with E-state index in [-0.39, 0.29) is 12.1 Å². The van der Waals surface area contributed by atoms with Crippen molar-refractivity contribution in [2.75, 3.05) is 18.4 Å². The minimum Gasteiger partial charge on any atom is -0.444 e. The number of amides is 1. The van der Waals surface area contributed by atoms with Crippen LogP contribution in [-0.2, 0) is 4.74 Å². The molecule has 1 N–H and O–H groups in total. The topological polar surface area (TPSA) is 67.3 Å². The zero-order valence-electron chi connectivity index (χ0n) is 11.6. The molecule has 1 aromatic rings. The minimum absolute atomic E-state index is 0.176. The zero-order chi connectivity index (χ0) is 13.9. The smallest absolute Gasteiger partial charge is 0.410 e. The molecule has 19 heavy (non-hydrogen) atoms. The van der Waals surface area contributed by atoms with E-state index < -0.39 is 5.60 Å². The molecule has 1 aliphatic heterocycles. The van der Waals surface area contributed by atoms with Crippen molar-refractivity contribution in [3.05, 3.63) is 18.5 Å². The highest BCUT2D eigenvalue weighted by molar-refractivity contribution is 5.68. The van der Waals surface area contributed by atoms with Crippen LogP contribution < -0.4 is 5.32 Å². The Kier molecular flexibility index (Phi) is 3.87. The number of ether oxygens (including phenoxy) is 1. The van der Waals surface area contributed by atoms with Crippen LogP contribution in [0.1, 0.15) is 27.2 Å². The summed E-state index contributed by atoms with van der Waals surface area (Å²) >= 11 is 0. The van der Waals surface area contributed by atoms with Gasteiger partial charge < -0.3 is 15.0 Å². The summed E-state index contributed by atoms with van der Waals surface area (Å²) in [5, 5.41) is 3.22. The van der Waals surface area contributed by atoms with E-state index >= 15 is 0 Å². The average Bonchev–Trinajstić information content (AvgIpc) is 2.77. The molecule has 0 bridgehead atoms. The number of nitrogens with zero attached hydrogens (tertiary/aromatic N) is 3. The van der Waals surface area contributed by atoms with Crippen molar-refractivity contribution in [3.63, 3.8) is 0 Å². The first-order chi connectivity index (χ1) is 8.94. The summed E-state index contributed by atoms with van der Waals surface area (Å²) in [6.45, 7) is 6.92. The van der Waals surface area contributed by atoms with Gasteiger partial charge in [-0.1, -0.05) is 0 Å². The molecule has 0 radical (unpaired) electrons. The Labute approximate surface area is 113 Å². The van der Waals surface area contributed by atoms with Crippen LogP contribution in [0.3, 0.4) is 0 Å². The molecule has 1 unspecified atom stereocenters. The summed E-state index contributed by atoms with van der Waals surface area (Å²) in [5.41, 5.74) is -0.453. The molecule has 1 fully saturated rings. The maximum absolute atomic E-state index is 11.9. The number of likely N-dealkylation sites (tertiary alicyclic amines) is 1. The molecule has 1 saturated heterocycles. The molecule has 1 aliphatic rings. The highest BCUT2D eigenvalue weighted by Crippen LogP contribution is 2.17. The standard InChI is InChI=1S/C13H20N4O2/c1-13(2,3)19-12(18)17-8-5-10(9-17)16-11-14-6-4-7-15-11/h4,6-7,10H,5,8-9H2,1-3H3,(H,14,15,16). The van der Waals surface area contributed by atoms with E-state index in [0.29, 0.717) is 19.0 Å². The molecule has 2 rings (SSSR count). The van der Waals surface area contributed by atoms with E-state index in [1.165, 1.54) is 0 Å². The fourth-order valence-corrected chi connectivity index (χ4v) is 1.93. The molecule has 0 aliphatic carbocycles. The lowest BCUT2D eigenvalue weighted by atomic mass is 10.2. The normalized spacial score (nSPS) is 19.3. The highest BCUT2D eigenvalue weighted by atomic mass is 16.6. The van der Waals surface area contributed by atoms with E-state index in [9.17, 15) is 4.79 Å². The van der Waals surface area contributed by atoms with Crippen LogP contribution >= 0.6 is 0 Å². The van der Waals surface area contributed by atoms with Crippen molar-refractivity contribution < 1.29 is 9.53 Å². The van der Waals surface area contributed by atoms with Gasteiger partial charge in [0.2, 0.25) is 5.95 Å². The molecule has 6 heteroatoms. The second kappa shape index (κ2) is 5.42. The number of hydrogen-bond acceptors (Lipinski definition) is 5. The largest absolute Gasteiger partial charge is 0.444 e. The number of rotatable bonds is 2. The summed E-state index contributed by atoms with van der Waals surface area (Å²) in [6, 6.07) is 1.95. The second-order valence-corrected chi connectivity index (χ2v) is 5.63. The van der Waals surface area contributed by atoms with Gasteiger partial charge in [0.25, 0.3) is 0 Å². The summed E-state index contributed by atoms with van der Waals surface area (Å²) in [5.74, 6) is 0.596.